The van der Waals surface area contributed by atoms with Crippen molar-refractivity contribution < 1.29 is 24.6 Å². The molecule has 0 saturated carbocycles. The molecular formula is C9H14N2O5S. The minimum Gasteiger partial charge on any atom is -0.481 e. The van der Waals surface area contributed by atoms with E-state index < -0.39 is 36.4 Å². The highest BCUT2D eigenvalue weighted by molar-refractivity contribution is 8.00. The highest BCUT2D eigenvalue weighted by Gasteiger charge is 2.31. The second-order valence-electron chi connectivity index (χ2n) is 3.69. The summed E-state index contributed by atoms with van der Waals surface area (Å²) in [6, 6.07) is -1.85. The third kappa shape index (κ3) is 4.23. The van der Waals surface area contributed by atoms with Gasteiger partial charge >= 0.3 is 11.9 Å². The van der Waals surface area contributed by atoms with Crippen LogP contribution in [-0.2, 0) is 14.4 Å². The zero-order valence-electron chi connectivity index (χ0n) is 9.17. The Morgan fingerprint density at radius 1 is 1.47 bits per heavy atom. The van der Waals surface area contributed by atoms with E-state index in [1.165, 1.54) is 0 Å². The lowest BCUT2D eigenvalue weighted by Gasteiger charge is -2.16. The van der Waals surface area contributed by atoms with E-state index in [1.807, 2.05) is 6.92 Å². The van der Waals surface area contributed by atoms with Crippen molar-refractivity contribution in [1.29, 1.82) is 0 Å². The first-order valence-electron chi connectivity index (χ1n) is 5.02. The Bertz CT molecular complexity index is 335. The molecule has 0 spiro atoms. The topological polar surface area (TPSA) is 116 Å². The van der Waals surface area contributed by atoms with Gasteiger partial charge in [-0.05, 0) is 6.92 Å². The largest absolute Gasteiger partial charge is 0.481 e. The molecule has 1 amide bonds. The normalized spacial score (nSPS) is 25.2. The van der Waals surface area contributed by atoms with Crippen LogP contribution in [-0.4, -0.2) is 51.3 Å². The fraction of sp³-hybridized carbons (Fsp3) is 0.667. The summed E-state index contributed by atoms with van der Waals surface area (Å²) in [6.45, 7) is 1.89. The smallest absolute Gasteiger partial charge is 0.326 e. The van der Waals surface area contributed by atoms with Crippen LogP contribution in [0.2, 0.25) is 0 Å². The summed E-state index contributed by atoms with van der Waals surface area (Å²) in [7, 11) is 0. The van der Waals surface area contributed by atoms with Crippen LogP contribution in [0.3, 0.4) is 0 Å². The summed E-state index contributed by atoms with van der Waals surface area (Å²) < 4.78 is 0. The van der Waals surface area contributed by atoms with E-state index in [2.05, 4.69) is 10.6 Å². The summed E-state index contributed by atoms with van der Waals surface area (Å²) in [5, 5.41) is 22.6. The van der Waals surface area contributed by atoms with Gasteiger partial charge in [-0.15, -0.1) is 11.8 Å². The molecule has 0 aromatic heterocycles. The van der Waals surface area contributed by atoms with Crippen LogP contribution in [0.5, 0.6) is 0 Å². The molecule has 0 bridgehead atoms. The minimum absolute atomic E-state index is 0.133. The quantitative estimate of drug-likeness (QED) is 0.506. The van der Waals surface area contributed by atoms with Crippen LogP contribution < -0.4 is 10.6 Å². The molecule has 4 N–H and O–H groups in total. The number of carbonyl (C=O) groups is 3. The van der Waals surface area contributed by atoms with E-state index >= 15 is 0 Å². The standard InChI is InChI=1S/C9H14N2O5S/c1-4-10-6(3-17-4)8(14)11-5(9(15)16)2-7(12)13/h4-6,10H,2-3H2,1H3,(H,11,14)(H,12,13)(H,15,16)/t4?,5-,6?/m0/s1. The van der Waals surface area contributed by atoms with Crippen molar-refractivity contribution in [2.75, 3.05) is 5.75 Å². The van der Waals surface area contributed by atoms with E-state index in [1.54, 1.807) is 11.8 Å². The van der Waals surface area contributed by atoms with Crippen molar-refractivity contribution in [3.05, 3.63) is 0 Å². The monoisotopic (exact) mass is 262 g/mol. The molecule has 7 nitrogen and oxygen atoms in total. The molecule has 0 aromatic rings. The zero-order chi connectivity index (χ0) is 13.0. The first kappa shape index (κ1) is 13.8. The van der Waals surface area contributed by atoms with Crippen LogP contribution in [0.1, 0.15) is 13.3 Å². The molecule has 0 aromatic carbocycles. The fourth-order valence-electron chi connectivity index (χ4n) is 1.42. The maximum absolute atomic E-state index is 11.6. The van der Waals surface area contributed by atoms with Gasteiger partial charge in [0.15, 0.2) is 0 Å². The van der Waals surface area contributed by atoms with Gasteiger partial charge in [0.1, 0.15) is 6.04 Å². The van der Waals surface area contributed by atoms with Crippen LogP contribution in [0, 0.1) is 0 Å². The van der Waals surface area contributed by atoms with Gasteiger partial charge in [-0.3, -0.25) is 14.9 Å². The maximum atomic E-state index is 11.6. The Morgan fingerprint density at radius 2 is 2.12 bits per heavy atom. The molecule has 1 rings (SSSR count). The molecule has 1 heterocycles. The molecule has 17 heavy (non-hydrogen) atoms. The first-order valence-corrected chi connectivity index (χ1v) is 6.07. The molecule has 2 unspecified atom stereocenters. The Balaban J connectivity index is 2.52. The van der Waals surface area contributed by atoms with Gasteiger partial charge in [0.2, 0.25) is 5.91 Å². The molecule has 1 saturated heterocycles. The van der Waals surface area contributed by atoms with Crippen LogP contribution >= 0.6 is 11.8 Å². The summed E-state index contributed by atoms with van der Waals surface area (Å²) in [4.78, 5) is 32.8. The molecule has 1 fully saturated rings. The molecule has 8 heteroatoms. The Hall–Kier alpha value is -1.28. The molecule has 1 aliphatic heterocycles. The van der Waals surface area contributed by atoms with Gasteiger partial charge in [0, 0.05) is 5.75 Å². The third-order valence-corrected chi connectivity index (χ3v) is 3.42. The van der Waals surface area contributed by atoms with Crippen molar-refractivity contribution >= 4 is 29.6 Å². The van der Waals surface area contributed by atoms with Gasteiger partial charge < -0.3 is 15.5 Å². The number of carbonyl (C=O) groups excluding carboxylic acids is 1. The summed E-state index contributed by atoms with van der Waals surface area (Å²) in [5.41, 5.74) is 0. The number of thioether (sulfide) groups is 1. The predicted octanol–water partition coefficient (Wildman–Crippen LogP) is -0.918. The van der Waals surface area contributed by atoms with Crippen molar-refractivity contribution in [2.24, 2.45) is 0 Å². The highest BCUT2D eigenvalue weighted by atomic mass is 32.2. The van der Waals surface area contributed by atoms with Crippen LogP contribution in [0.4, 0.5) is 0 Å². The van der Waals surface area contributed by atoms with E-state index in [-0.39, 0.29) is 5.37 Å². The average molecular weight is 262 g/mol. The zero-order valence-corrected chi connectivity index (χ0v) is 9.99. The first-order chi connectivity index (χ1) is 7.90. The summed E-state index contributed by atoms with van der Waals surface area (Å²) in [5.74, 6) is -2.54. The SMILES string of the molecule is CC1NC(C(=O)N[C@@H](CC(=O)O)C(=O)O)CS1. The van der Waals surface area contributed by atoms with Crippen molar-refractivity contribution in [2.45, 2.75) is 30.8 Å². The van der Waals surface area contributed by atoms with Crippen molar-refractivity contribution in [3.8, 4) is 0 Å². The van der Waals surface area contributed by atoms with E-state index in [0.29, 0.717) is 5.75 Å². The lowest BCUT2D eigenvalue weighted by Crippen LogP contribution is -2.50. The van der Waals surface area contributed by atoms with Crippen LogP contribution in [0.25, 0.3) is 0 Å². The Labute approximate surface area is 102 Å². The van der Waals surface area contributed by atoms with Gasteiger partial charge in [0.25, 0.3) is 0 Å². The number of hydrogen-bond acceptors (Lipinski definition) is 5. The second-order valence-corrected chi connectivity index (χ2v) is 5.07. The number of carboxylic acids is 2. The van der Waals surface area contributed by atoms with Gasteiger partial charge in [-0.25, -0.2) is 4.79 Å². The van der Waals surface area contributed by atoms with E-state index in [0.717, 1.165) is 0 Å². The van der Waals surface area contributed by atoms with Crippen molar-refractivity contribution in [3.63, 3.8) is 0 Å². The Kier molecular flexibility index (Phi) is 4.76. The number of amides is 1. The molecule has 3 atom stereocenters. The molecular weight excluding hydrogens is 248 g/mol. The van der Waals surface area contributed by atoms with Gasteiger partial charge in [0.05, 0.1) is 17.8 Å². The fourth-order valence-corrected chi connectivity index (χ4v) is 2.41. The van der Waals surface area contributed by atoms with Crippen molar-refractivity contribution in [1.82, 2.24) is 10.6 Å². The summed E-state index contributed by atoms with van der Waals surface area (Å²) in [6.07, 6.45) is -0.628. The number of aliphatic carboxylic acids is 2. The number of carboxylic acid groups (broad SMARTS) is 2. The molecule has 1 aliphatic rings. The van der Waals surface area contributed by atoms with Gasteiger partial charge in [-0.2, -0.15) is 0 Å². The van der Waals surface area contributed by atoms with E-state index in [4.69, 9.17) is 10.2 Å². The number of hydrogen-bond donors (Lipinski definition) is 4. The lowest BCUT2D eigenvalue weighted by atomic mass is 10.2. The highest BCUT2D eigenvalue weighted by Crippen LogP contribution is 2.17. The second kappa shape index (κ2) is 5.87. The number of nitrogens with one attached hydrogen (secondary N) is 2. The van der Waals surface area contributed by atoms with E-state index in [9.17, 15) is 14.4 Å². The van der Waals surface area contributed by atoms with Crippen LogP contribution in [0.15, 0.2) is 0 Å². The number of rotatable bonds is 5. The predicted molar refractivity (Wildman–Crippen MR) is 60.7 cm³/mol. The Morgan fingerprint density at radius 3 is 2.53 bits per heavy atom. The molecule has 0 aliphatic carbocycles. The minimum atomic E-state index is -1.39. The third-order valence-electron chi connectivity index (χ3n) is 2.26. The lowest BCUT2D eigenvalue weighted by molar-refractivity contribution is -0.147. The molecule has 96 valence electrons. The average Bonchev–Trinajstić information content (AvgIpc) is 2.63. The molecule has 0 radical (unpaired) electrons. The van der Waals surface area contributed by atoms with Gasteiger partial charge in [-0.1, -0.05) is 0 Å². The summed E-state index contributed by atoms with van der Waals surface area (Å²) >= 11 is 1.55. The maximum Gasteiger partial charge on any atom is 0.326 e.